The summed E-state index contributed by atoms with van der Waals surface area (Å²) in [6.45, 7) is 9.92. The average Bonchev–Trinajstić information content (AvgIpc) is 2.61. The van der Waals surface area contributed by atoms with E-state index >= 15 is 0 Å². The Labute approximate surface area is 485 Å². The van der Waals surface area contributed by atoms with Gasteiger partial charge < -0.3 is 39.4 Å². The molecule has 4 aromatic rings. The van der Waals surface area contributed by atoms with Crippen molar-refractivity contribution < 1.29 is 95.3 Å². The van der Waals surface area contributed by atoms with Crippen LogP contribution >= 0.6 is 11.6 Å². The number of rotatable bonds is 12. The van der Waals surface area contributed by atoms with E-state index in [0.717, 1.165) is 30.2 Å². The van der Waals surface area contributed by atoms with Crippen LogP contribution in [0.4, 0.5) is 17.6 Å². The number of ether oxygens (including phenoxy) is 4. The molecule has 0 spiro atoms. The number of carbonyl (C=O) groups is 8. The maximum Gasteiger partial charge on any atom is 0.416 e. The zero-order valence-corrected chi connectivity index (χ0v) is 47.5. The molecule has 22 heteroatoms. The van der Waals surface area contributed by atoms with Crippen molar-refractivity contribution in [3.63, 3.8) is 0 Å². The van der Waals surface area contributed by atoms with Gasteiger partial charge in [0.15, 0.2) is 46.2 Å². The molecule has 4 heterocycles. The number of hydrogen-bond donors (Lipinski definition) is 4. The van der Waals surface area contributed by atoms with Gasteiger partial charge in [0.05, 0.1) is 17.2 Å². The van der Waals surface area contributed by atoms with Crippen molar-refractivity contribution in [2.75, 3.05) is 0 Å². The first kappa shape index (κ1) is 66.5. The van der Waals surface area contributed by atoms with Gasteiger partial charge in [0, 0.05) is 110 Å². The average molecular weight is 1190 g/mol. The lowest BCUT2D eigenvalue weighted by atomic mass is 9.86. The van der Waals surface area contributed by atoms with E-state index in [1.54, 1.807) is 78.9 Å². The Kier molecular flexibility index (Phi) is 21.4. The van der Waals surface area contributed by atoms with Crippen molar-refractivity contribution >= 4 is 57.9 Å². The van der Waals surface area contributed by atoms with Gasteiger partial charge in [-0.25, -0.2) is 4.39 Å². The molecule has 4 N–H and O–H groups in total. The number of Topliss-reactive ketones (excluding diaryl/α,β-unsaturated/α-hetero) is 8. The molecule has 8 atom stereocenters. The first-order chi connectivity index (χ1) is 39.0. The van der Waals surface area contributed by atoms with Gasteiger partial charge in [-0.3, -0.25) is 38.4 Å². The Hall–Kier alpha value is -8.26. The number of ketones is 8. The highest BCUT2D eigenvalue weighted by Gasteiger charge is 2.46. The summed E-state index contributed by atoms with van der Waals surface area (Å²) in [4.78, 5) is 92.3. The predicted octanol–water partition coefficient (Wildman–Crippen LogP) is 9.45. The van der Waals surface area contributed by atoms with Crippen LogP contribution in [0.5, 0.6) is 0 Å². The number of nitriles is 1. The molecule has 0 bridgehead atoms. The van der Waals surface area contributed by atoms with Gasteiger partial charge in [-0.15, -0.1) is 0 Å². The Morgan fingerprint density at radius 1 is 0.452 bits per heavy atom. The summed E-state index contributed by atoms with van der Waals surface area (Å²) in [7, 11) is 0. The number of halogens is 5. The Balaban J connectivity index is 0.000000205. The molecular weight excluding hydrogens is 1130 g/mol. The van der Waals surface area contributed by atoms with Crippen molar-refractivity contribution in [1.29, 1.82) is 5.26 Å². The molecule has 0 radical (unpaired) electrons. The molecule has 0 aliphatic carbocycles. The van der Waals surface area contributed by atoms with Crippen LogP contribution in [0.1, 0.15) is 138 Å². The minimum Gasteiger partial charge on any atom is -0.452 e. The molecule has 4 aromatic carbocycles. The molecule has 0 fully saturated rings. The zero-order chi connectivity index (χ0) is 62.9. The summed E-state index contributed by atoms with van der Waals surface area (Å²) >= 11 is 5.84. The summed E-state index contributed by atoms with van der Waals surface area (Å²) in [6.07, 6.45) is 1.65. The molecule has 0 saturated carbocycles. The maximum atomic E-state index is 12.9. The van der Waals surface area contributed by atoms with E-state index in [2.05, 4.69) is 0 Å². The van der Waals surface area contributed by atoms with Crippen molar-refractivity contribution in [3.8, 4) is 6.07 Å². The summed E-state index contributed by atoms with van der Waals surface area (Å²) < 4.78 is 71.2. The lowest BCUT2D eigenvalue weighted by molar-refractivity contribution is -0.196. The third kappa shape index (κ3) is 16.9. The second-order valence-corrected chi connectivity index (χ2v) is 20.8. The monoisotopic (exact) mass is 1190 g/mol. The molecular formula is C62H60ClF4NO16. The van der Waals surface area contributed by atoms with Crippen LogP contribution in [0.3, 0.4) is 0 Å². The predicted molar refractivity (Wildman–Crippen MR) is 292 cm³/mol. The standard InChI is InChI=1S/C16H15F3O4.C16H15NO4.C15H15ClO4.C15H15FO4/c1-9(20)14-7-12(8-15(22,23-14)10(2)21)11-3-5-13(6-4-11)16(17,18)19;1-10(18)15-7-14(8-16(20,21-15)11(2)19)13-5-3-12(9-17)4-6-13;2*1-9(17)14-7-12(8-15(19,20-14)10(2)18)11-3-5-13(16)6-4-11/h3-7,12,22H,8H2,1-2H3;3-7,14,20H,8H2,1-2H3;2*3-7,12,19H,8H2,1-2H3. The van der Waals surface area contributed by atoms with Gasteiger partial charge in [0.25, 0.3) is 23.1 Å². The van der Waals surface area contributed by atoms with E-state index < -0.39 is 75.6 Å². The highest BCUT2D eigenvalue weighted by atomic mass is 35.5. The van der Waals surface area contributed by atoms with Gasteiger partial charge in [-0.2, -0.15) is 18.4 Å². The highest BCUT2D eigenvalue weighted by Crippen LogP contribution is 2.41. The third-order valence-electron chi connectivity index (χ3n) is 13.8. The number of aliphatic hydroxyl groups is 4. The Bertz CT molecular complexity index is 3260. The normalized spacial score (nSPS) is 25.0. The number of benzene rings is 4. The van der Waals surface area contributed by atoms with E-state index in [-0.39, 0.29) is 83.7 Å². The van der Waals surface area contributed by atoms with E-state index in [4.69, 9.17) is 35.8 Å². The molecule has 4 aliphatic heterocycles. The summed E-state index contributed by atoms with van der Waals surface area (Å²) in [5.41, 5.74) is 2.52. The summed E-state index contributed by atoms with van der Waals surface area (Å²) in [5, 5.41) is 50.4. The lowest BCUT2D eigenvalue weighted by Crippen LogP contribution is -2.44. The third-order valence-corrected chi connectivity index (χ3v) is 14.1. The number of alkyl halides is 3. The SMILES string of the molecule is CC(=O)C1=CC(c2ccc(C#N)cc2)CC(O)(C(C)=O)O1.CC(=O)C1=CC(c2ccc(C(F)(F)F)cc2)CC(O)(C(C)=O)O1.CC(=O)C1=CC(c2ccc(Cl)cc2)CC(O)(C(C)=O)O1.CC(=O)C1=CC(c2ccc(F)cc2)CC(O)(C(C)=O)O1. The zero-order valence-electron chi connectivity index (χ0n) is 46.7. The fourth-order valence-corrected chi connectivity index (χ4v) is 8.93. The maximum absolute atomic E-state index is 12.9. The van der Waals surface area contributed by atoms with Crippen LogP contribution in [0, 0.1) is 17.1 Å². The van der Waals surface area contributed by atoms with Crippen LogP contribution in [0.25, 0.3) is 0 Å². The fourth-order valence-electron chi connectivity index (χ4n) is 8.81. The van der Waals surface area contributed by atoms with Gasteiger partial charge in [0.2, 0.25) is 23.1 Å². The number of carbonyl (C=O) groups excluding carboxylic acids is 8. The van der Waals surface area contributed by atoms with E-state index in [9.17, 15) is 76.3 Å². The molecule has 0 amide bonds. The molecule has 444 valence electrons. The number of nitrogens with zero attached hydrogens (tertiary/aromatic N) is 1. The molecule has 0 saturated heterocycles. The van der Waals surface area contributed by atoms with Crippen LogP contribution in [-0.4, -0.2) is 89.8 Å². The molecule has 8 unspecified atom stereocenters. The second kappa shape index (κ2) is 27.0. The van der Waals surface area contributed by atoms with Crippen LogP contribution < -0.4 is 0 Å². The van der Waals surface area contributed by atoms with E-state index in [0.29, 0.717) is 21.7 Å². The topological polar surface area (TPSA) is 278 Å². The summed E-state index contributed by atoms with van der Waals surface area (Å²) in [5.74, 6) is -14.2. The van der Waals surface area contributed by atoms with Crippen LogP contribution in [-0.2, 0) is 63.5 Å². The lowest BCUT2D eigenvalue weighted by Gasteiger charge is -2.34. The van der Waals surface area contributed by atoms with Gasteiger partial charge in [0.1, 0.15) is 5.82 Å². The first-order valence-corrected chi connectivity index (χ1v) is 26.2. The van der Waals surface area contributed by atoms with Crippen LogP contribution in [0.2, 0.25) is 5.02 Å². The summed E-state index contributed by atoms with van der Waals surface area (Å²) in [6, 6.07) is 25.9. The number of allylic oxidation sites excluding steroid dienone is 8. The van der Waals surface area contributed by atoms with E-state index in [1.165, 1.54) is 78.8 Å². The minimum absolute atomic E-state index is 0.00824. The largest absolute Gasteiger partial charge is 0.452 e. The number of hydrogen-bond acceptors (Lipinski definition) is 17. The van der Waals surface area contributed by atoms with Gasteiger partial charge in [-0.1, -0.05) is 60.1 Å². The second-order valence-electron chi connectivity index (χ2n) is 20.3. The molecule has 84 heavy (non-hydrogen) atoms. The molecule has 17 nitrogen and oxygen atoms in total. The van der Waals surface area contributed by atoms with Crippen molar-refractivity contribution in [2.24, 2.45) is 0 Å². The van der Waals surface area contributed by atoms with Crippen molar-refractivity contribution in [2.45, 2.75) is 134 Å². The molecule has 4 aliphatic rings. The quantitative estimate of drug-likeness (QED) is 0.0961. The van der Waals surface area contributed by atoms with Crippen molar-refractivity contribution in [3.05, 3.63) is 189 Å². The van der Waals surface area contributed by atoms with E-state index in [1.807, 2.05) is 6.07 Å². The van der Waals surface area contributed by atoms with Gasteiger partial charge in [-0.05, 0) is 95.1 Å². The van der Waals surface area contributed by atoms with Crippen molar-refractivity contribution in [1.82, 2.24) is 0 Å². The highest BCUT2D eigenvalue weighted by molar-refractivity contribution is 6.30. The molecule has 0 aromatic heterocycles. The first-order valence-electron chi connectivity index (χ1n) is 25.8. The van der Waals surface area contributed by atoms with Crippen LogP contribution in [0.15, 0.2) is 144 Å². The molecule has 8 rings (SSSR count). The minimum atomic E-state index is -4.45. The Morgan fingerprint density at radius 2 is 0.690 bits per heavy atom. The smallest absolute Gasteiger partial charge is 0.416 e. The Morgan fingerprint density at radius 3 is 0.917 bits per heavy atom. The fraction of sp³-hybridized carbons (Fsp3) is 0.339. The van der Waals surface area contributed by atoms with Gasteiger partial charge >= 0.3 is 6.18 Å².